The minimum absolute atomic E-state index is 0.231. The first-order chi connectivity index (χ1) is 15.5. The number of unbranched alkanes of at least 4 members (excludes halogenated alkanes) is 14. The Labute approximate surface area is 194 Å². The van der Waals surface area contributed by atoms with E-state index in [1.165, 1.54) is 77.0 Å². The van der Waals surface area contributed by atoms with Crippen molar-refractivity contribution in [2.24, 2.45) is 0 Å². The van der Waals surface area contributed by atoms with Crippen LogP contribution in [-0.4, -0.2) is 42.3 Å². The third-order valence-corrected chi connectivity index (χ3v) is 5.45. The number of hydrogen-bond acceptors (Lipinski definition) is 7. The van der Waals surface area contributed by atoms with Gasteiger partial charge < -0.3 is 24.5 Å². The molecule has 0 aromatic carbocycles. The quantitative estimate of drug-likeness (QED) is 0.180. The lowest BCUT2D eigenvalue weighted by Gasteiger charge is -2.15. The summed E-state index contributed by atoms with van der Waals surface area (Å²) in [5.74, 6) is -2.51. The molecule has 0 aromatic rings. The number of aliphatic hydroxyl groups is 1. The number of ether oxygens (including phenoxy) is 2. The highest BCUT2D eigenvalue weighted by Gasteiger charge is 2.16. The largest absolute Gasteiger partial charge is 0.550 e. The molecule has 1 unspecified atom stereocenters. The first kappa shape index (κ1) is 30.4. The number of carbonyl (C=O) groups is 3. The Morgan fingerprint density at radius 3 is 1.59 bits per heavy atom. The molecule has 0 spiro atoms. The molecule has 188 valence electrons. The molecule has 7 heteroatoms. The monoisotopic (exact) mass is 457 g/mol. The third kappa shape index (κ3) is 21.6. The van der Waals surface area contributed by atoms with Crippen LogP contribution in [0.1, 0.15) is 122 Å². The van der Waals surface area contributed by atoms with E-state index in [9.17, 15) is 24.6 Å². The van der Waals surface area contributed by atoms with Crippen LogP contribution >= 0.6 is 0 Å². The van der Waals surface area contributed by atoms with E-state index in [1.54, 1.807) is 0 Å². The molecule has 0 aliphatic heterocycles. The number of carboxylic acid groups (broad SMARTS) is 1. The number of carbonyl (C=O) groups excluding carboxylic acids is 3. The van der Waals surface area contributed by atoms with E-state index >= 15 is 0 Å². The summed E-state index contributed by atoms with van der Waals surface area (Å²) in [5.41, 5.74) is 0. The number of aliphatic carboxylic acids is 1. The fourth-order valence-corrected chi connectivity index (χ4v) is 3.47. The highest BCUT2D eigenvalue weighted by atomic mass is 16.6. The molecule has 0 radical (unpaired) electrons. The van der Waals surface area contributed by atoms with Crippen molar-refractivity contribution in [3.05, 3.63) is 0 Å². The molecular formula is C25H45O7-. The topological polar surface area (TPSA) is 113 Å². The molecule has 1 N–H and O–H groups in total. The summed E-state index contributed by atoms with van der Waals surface area (Å²) in [6.45, 7) is 1.52. The van der Waals surface area contributed by atoms with Crippen molar-refractivity contribution in [1.29, 1.82) is 0 Å². The van der Waals surface area contributed by atoms with Gasteiger partial charge in [0.15, 0.2) is 6.10 Å². The second kappa shape index (κ2) is 22.6. The summed E-state index contributed by atoms with van der Waals surface area (Å²) in [6, 6.07) is 0. The van der Waals surface area contributed by atoms with Crippen LogP contribution in [-0.2, 0) is 23.9 Å². The van der Waals surface area contributed by atoms with Gasteiger partial charge in [-0.3, -0.25) is 9.59 Å². The van der Waals surface area contributed by atoms with Crippen LogP contribution < -0.4 is 5.11 Å². The Hall–Kier alpha value is -1.63. The second-order valence-electron chi connectivity index (χ2n) is 8.55. The van der Waals surface area contributed by atoms with Gasteiger partial charge in [0.2, 0.25) is 0 Å². The Balaban J connectivity index is 3.48. The molecule has 0 saturated carbocycles. The van der Waals surface area contributed by atoms with Gasteiger partial charge in [0.05, 0.1) is 13.0 Å². The maximum Gasteiger partial charge on any atom is 0.306 e. The molecule has 1 atom stereocenters. The zero-order valence-electron chi connectivity index (χ0n) is 20.1. The zero-order chi connectivity index (χ0) is 23.9. The smallest absolute Gasteiger partial charge is 0.306 e. The lowest BCUT2D eigenvalue weighted by atomic mass is 10.0. The summed E-state index contributed by atoms with van der Waals surface area (Å²) in [4.78, 5) is 33.5. The van der Waals surface area contributed by atoms with Crippen molar-refractivity contribution in [3.63, 3.8) is 0 Å². The Morgan fingerprint density at radius 1 is 0.688 bits per heavy atom. The van der Waals surface area contributed by atoms with Gasteiger partial charge in [-0.25, -0.2) is 0 Å². The Bertz CT molecular complexity index is 479. The maximum absolute atomic E-state index is 11.8. The number of esters is 2. The summed E-state index contributed by atoms with van der Waals surface area (Å²) in [5, 5.41) is 19.5. The standard InChI is InChI=1S/C25H46O7/c1-2-3-4-5-6-7-8-9-10-11-12-13-14-15-16-17-24(29)31-21-22(20-26)32-25(30)19-18-23(27)28/h22,26H,2-21H2,1H3,(H,27,28)/p-1. The molecule has 0 rings (SSSR count). The van der Waals surface area contributed by atoms with E-state index in [0.717, 1.165) is 19.3 Å². The first-order valence-electron chi connectivity index (χ1n) is 12.6. The van der Waals surface area contributed by atoms with E-state index in [4.69, 9.17) is 9.47 Å². The van der Waals surface area contributed by atoms with Crippen molar-refractivity contribution in [2.75, 3.05) is 13.2 Å². The van der Waals surface area contributed by atoms with E-state index < -0.39 is 31.1 Å². The van der Waals surface area contributed by atoms with E-state index in [2.05, 4.69) is 6.92 Å². The predicted molar refractivity (Wildman–Crippen MR) is 122 cm³/mol. The van der Waals surface area contributed by atoms with Gasteiger partial charge in [-0.2, -0.15) is 0 Å². The average molecular weight is 458 g/mol. The maximum atomic E-state index is 11.8. The van der Waals surface area contributed by atoms with E-state index in [1.807, 2.05) is 0 Å². The highest BCUT2D eigenvalue weighted by molar-refractivity contribution is 5.75. The summed E-state index contributed by atoms with van der Waals surface area (Å²) < 4.78 is 9.91. The van der Waals surface area contributed by atoms with Crippen LogP contribution in [0.25, 0.3) is 0 Å². The van der Waals surface area contributed by atoms with Crippen molar-refractivity contribution in [2.45, 2.75) is 129 Å². The molecule has 0 aliphatic rings. The van der Waals surface area contributed by atoms with Gasteiger partial charge in [-0.1, -0.05) is 96.8 Å². The van der Waals surface area contributed by atoms with Crippen molar-refractivity contribution < 1.29 is 34.1 Å². The van der Waals surface area contributed by atoms with Crippen molar-refractivity contribution >= 4 is 17.9 Å². The van der Waals surface area contributed by atoms with Crippen LogP contribution in [0.15, 0.2) is 0 Å². The van der Waals surface area contributed by atoms with Gasteiger partial charge in [0.25, 0.3) is 0 Å². The fourth-order valence-electron chi connectivity index (χ4n) is 3.47. The third-order valence-electron chi connectivity index (χ3n) is 5.45. The zero-order valence-corrected chi connectivity index (χ0v) is 20.1. The second-order valence-corrected chi connectivity index (χ2v) is 8.55. The lowest BCUT2D eigenvalue weighted by molar-refractivity contribution is -0.305. The summed E-state index contributed by atoms with van der Waals surface area (Å²) in [6.07, 6.45) is 17.4. The summed E-state index contributed by atoms with van der Waals surface area (Å²) in [7, 11) is 0. The SMILES string of the molecule is CCCCCCCCCCCCCCCCCC(=O)OCC(CO)OC(=O)CCC(=O)[O-]. The van der Waals surface area contributed by atoms with Crippen LogP contribution in [0, 0.1) is 0 Å². The molecule has 0 bridgehead atoms. The molecule has 0 aliphatic carbocycles. The van der Waals surface area contributed by atoms with Gasteiger partial charge in [0, 0.05) is 12.4 Å². The molecule has 32 heavy (non-hydrogen) atoms. The molecule has 0 aromatic heterocycles. The minimum atomic E-state index is -1.35. The summed E-state index contributed by atoms with van der Waals surface area (Å²) >= 11 is 0. The molecular weight excluding hydrogens is 412 g/mol. The molecule has 0 amide bonds. The fraction of sp³-hybridized carbons (Fsp3) is 0.880. The lowest BCUT2D eigenvalue weighted by Crippen LogP contribution is -2.29. The van der Waals surface area contributed by atoms with Crippen molar-refractivity contribution in [3.8, 4) is 0 Å². The molecule has 0 saturated heterocycles. The highest BCUT2D eigenvalue weighted by Crippen LogP contribution is 2.14. The van der Waals surface area contributed by atoms with Gasteiger partial charge >= 0.3 is 11.9 Å². The van der Waals surface area contributed by atoms with Gasteiger partial charge in [0.1, 0.15) is 6.61 Å². The minimum Gasteiger partial charge on any atom is -0.550 e. The van der Waals surface area contributed by atoms with E-state index in [-0.39, 0.29) is 19.0 Å². The Kier molecular flexibility index (Phi) is 21.4. The number of aliphatic hydroxyl groups excluding tert-OH is 1. The van der Waals surface area contributed by atoms with Crippen molar-refractivity contribution in [1.82, 2.24) is 0 Å². The molecule has 0 fully saturated rings. The number of rotatable bonds is 23. The number of hydrogen-bond donors (Lipinski definition) is 1. The van der Waals surface area contributed by atoms with E-state index in [0.29, 0.717) is 6.42 Å². The van der Waals surface area contributed by atoms with Crippen LogP contribution in [0.4, 0.5) is 0 Å². The molecule has 0 heterocycles. The van der Waals surface area contributed by atoms with Crippen LogP contribution in [0.2, 0.25) is 0 Å². The van der Waals surface area contributed by atoms with Crippen LogP contribution in [0.3, 0.4) is 0 Å². The Morgan fingerprint density at radius 2 is 1.16 bits per heavy atom. The average Bonchev–Trinajstić information content (AvgIpc) is 2.77. The van der Waals surface area contributed by atoms with Gasteiger partial charge in [-0.15, -0.1) is 0 Å². The molecule has 7 nitrogen and oxygen atoms in total. The van der Waals surface area contributed by atoms with Crippen LogP contribution in [0.5, 0.6) is 0 Å². The predicted octanol–water partition coefficient (Wildman–Crippen LogP) is 4.23. The number of carboxylic acids is 1. The first-order valence-corrected chi connectivity index (χ1v) is 12.6. The van der Waals surface area contributed by atoms with Gasteiger partial charge in [-0.05, 0) is 12.8 Å². The normalized spacial score (nSPS) is 11.8.